The summed E-state index contributed by atoms with van der Waals surface area (Å²) in [6.07, 6.45) is 1.05. The van der Waals surface area contributed by atoms with E-state index in [1.807, 2.05) is 44.2 Å². The summed E-state index contributed by atoms with van der Waals surface area (Å²) in [6.45, 7) is 4.29. The quantitative estimate of drug-likeness (QED) is 0.809. The molecule has 3 rings (SSSR count). The molecule has 1 aromatic heterocycles. The molecule has 0 spiro atoms. The van der Waals surface area contributed by atoms with Crippen LogP contribution in [-0.4, -0.2) is 28.8 Å². The highest BCUT2D eigenvalue weighted by Gasteiger charge is 2.44. The molecular weight excluding hydrogens is 302 g/mol. The predicted octanol–water partition coefficient (Wildman–Crippen LogP) is 2.91. The molecule has 0 aliphatic heterocycles. The summed E-state index contributed by atoms with van der Waals surface area (Å²) in [5.74, 6) is 0. The van der Waals surface area contributed by atoms with Crippen LogP contribution in [0.25, 0.3) is 0 Å². The van der Waals surface area contributed by atoms with Crippen molar-refractivity contribution in [3.05, 3.63) is 59.4 Å². The van der Waals surface area contributed by atoms with E-state index in [2.05, 4.69) is 27.8 Å². The number of benzene rings is 1. The van der Waals surface area contributed by atoms with Gasteiger partial charge in [-0.3, -0.25) is 4.98 Å². The number of aliphatic hydroxyl groups excluding tert-OH is 1. The number of hydrogen-bond donors (Lipinski definition) is 3. The molecule has 1 saturated carbocycles. The van der Waals surface area contributed by atoms with E-state index in [1.165, 1.54) is 0 Å². The number of carbonyl (C=O) groups excluding carboxylic acids is 1. The Bertz CT molecular complexity index is 725. The lowest BCUT2D eigenvalue weighted by Gasteiger charge is -2.46. The van der Waals surface area contributed by atoms with Gasteiger partial charge in [0.25, 0.3) is 0 Å². The van der Waals surface area contributed by atoms with Gasteiger partial charge in [-0.25, -0.2) is 4.79 Å². The van der Waals surface area contributed by atoms with Crippen LogP contribution in [0.1, 0.15) is 29.8 Å². The zero-order chi connectivity index (χ0) is 17.2. The number of rotatable bonds is 4. The molecule has 0 saturated heterocycles. The first-order valence-corrected chi connectivity index (χ1v) is 8.21. The second-order valence-corrected chi connectivity index (χ2v) is 6.60. The molecule has 5 nitrogen and oxygen atoms in total. The first kappa shape index (κ1) is 16.5. The number of hydrogen-bond acceptors (Lipinski definition) is 3. The highest BCUT2D eigenvalue weighted by molar-refractivity contribution is 5.89. The summed E-state index contributed by atoms with van der Waals surface area (Å²) in [5.41, 5.74) is 3.40. The standard InChI is InChI=1S/C19H23N3O2/c1-13-8-9-17(14(2)21-13)22-18(24)20-12-19(10-16(23)11-19)15-6-4-3-5-7-15/h3-9,16,23H,10-12H2,1-2H3,(H2,20,22,24). The Morgan fingerprint density at radius 1 is 1.21 bits per heavy atom. The summed E-state index contributed by atoms with van der Waals surface area (Å²) >= 11 is 0. The fourth-order valence-corrected chi connectivity index (χ4v) is 3.35. The van der Waals surface area contributed by atoms with Gasteiger partial charge in [0.2, 0.25) is 0 Å². The predicted molar refractivity (Wildman–Crippen MR) is 94.1 cm³/mol. The lowest BCUT2D eigenvalue weighted by atomic mass is 9.62. The van der Waals surface area contributed by atoms with Crippen molar-refractivity contribution in [3.63, 3.8) is 0 Å². The van der Waals surface area contributed by atoms with Gasteiger partial charge in [0.05, 0.1) is 17.5 Å². The topological polar surface area (TPSA) is 74.2 Å². The van der Waals surface area contributed by atoms with Gasteiger partial charge in [-0.05, 0) is 44.4 Å². The smallest absolute Gasteiger partial charge is 0.319 e. The molecule has 1 aliphatic carbocycles. The third-order valence-electron chi connectivity index (χ3n) is 4.70. The van der Waals surface area contributed by atoms with Crippen molar-refractivity contribution in [2.45, 2.75) is 38.2 Å². The summed E-state index contributed by atoms with van der Waals surface area (Å²) in [7, 11) is 0. The highest BCUT2D eigenvalue weighted by atomic mass is 16.3. The van der Waals surface area contributed by atoms with Crippen molar-refractivity contribution < 1.29 is 9.90 Å². The first-order chi connectivity index (χ1) is 11.5. The number of aryl methyl sites for hydroxylation is 2. The van der Waals surface area contributed by atoms with Crippen LogP contribution in [0.15, 0.2) is 42.5 Å². The van der Waals surface area contributed by atoms with Crippen molar-refractivity contribution in [1.82, 2.24) is 10.3 Å². The molecule has 5 heteroatoms. The van der Waals surface area contributed by atoms with E-state index in [0.717, 1.165) is 17.0 Å². The Kier molecular flexibility index (Phi) is 4.53. The third-order valence-corrected chi connectivity index (χ3v) is 4.70. The van der Waals surface area contributed by atoms with Crippen molar-refractivity contribution in [2.75, 3.05) is 11.9 Å². The lowest BCUT2D eigenvalue weighted by molar-refractivity contribution is 0.0193. The zero-order valence-electron chi connectivity index (χ0n) is 14.0. The molecule has 1 aliphatic rings. The highest BCUT2D eigenvalue weighted by Crippen LogP contribution is 2.43. The number of nitrogens with one attached hydrogen (secondary N) is 2. The number of pyridine rings is 1. The largest absolute Gasteiger partial charge is 0.393 e. The molecule has 3 N–H and O–H groups in total. The molecule has 2 amide bonds. The monoisotopic (exact) mass is 325 g/mol. The fraction of sp³-hybridized carbons (Fsp3) is 0.368. The zero-order valence-corrected chi connectivity index (χ0v) is 14.0. The van der Waals surface area contributed by atoms with Crippen molar-refractivity contribution >= 4 is 11.7 Å². The minimum Gasteiger partial charge on any atom is -0.393 e. The van der Waals surface area contributed by atoms with Crippen molar-refractivity contribution in [1.29, 1.82) is 0 Å². The van der Waals surface area contributed by atoms with Gasteiger partial charge in [0.15, 0.2) is 0 Å². The molecular formula is C19H23N3O2. The molecule has 0 atom stereocenters. The molecule has 24 heavy (non-hydrogen) atoms. The number of aliphatic hydroxyl groups is 1. The van der Waals surface area contributed by atoms with Crippen LogP contribution in [0.5, 0.6) is 0 Å². The van der Waals surface area contributed by atoms with Gasteiger partial charge in [0.1, 0.15) is 0 Å². The van der Waals surface area contributed by atoms with E-state index in [-0.39, 0.29) is 17.6 Å². The Morgan fingerprint density at radius 3 is 2.54 bits per heavy atom. The number of anilines is 1. The van der Waals surface area contributed by atoms with E-state index in [0.29, 0.717) is 25.1 Å². The van der Waals surface area contributed by atoms with E-state index in [9.17, 15) is 9.90 Å². The van der Waals surface area contributed by atoms with Crippen LogP contribution in [-0.2, 0) is 5.41 Å². The van der Waals surface area contributed by atoms with E-state index < -0.39 is 0 Å². The number of carbonyl (C=O) groups is 1. The Labute approximate surface area is 142 Å². The van der Waals surface area contributed by atoms with Gasteiger partial charge in [0, 0.05) is 17.7 Å². The van der Waals surface area contributed by atoms with Gasteiger partial charge in [-0.1, -0.05) is 30.3 Å². The van der Waals surface area contributed by atoms with Gasteiger partial charge in [-0.15, -0.1) is 0 Å². The Hall–Kier alpha value is -2.40. The molecule has 0 bridgehead atoms. The van der Waals surface area contributed by atoms with Crippen molar-refractivity contribution in [2.24, 2.45) is 0 Å². The summed E-state index contributed by atoms with van der Waals surface area (Å²) in [6, 6.07) is 13.5. The molecule has 0 unspecified atom stereocenters. The Morgan fingerprint density at radius 2 is 1.92 bits per heavy atom. The maximum Gasteiger partial charge on any atom is 0.319 e. The normalized spacial score (nSPS) is 22.5. The van der Waals surface area contributed by atoms with Gasteiger partial charge in [-0.2, -0.15) is 0 Å². The second-order valence-electron chi connectivity index (χ2n) is 6.60. The molecule has 126 valence electrons. The van der Waals surface area contributed by atoms with Crippen LogP contribution in [0, 0.1) is 13.8 Å². The summed E-state index contributed by atoms with van der Waals surface area (Å²) < 4.78 is 0. The number of urea groups is 1. The van der Waals surface area contributed by atoms with E-state index in [1.54, 1.807) is 0 Å². The fourth-order valence-electron chi connectivity index (χ4n) is 3.35. The van der Waals surface area contributed by atoms with Crippen LogP contribution in [0.3, 0.4) is 0 Å². The minimum absolute atomic E-state index is 0.182. The van der Waals surface area contributed by atoms with Gasteiger partial charge < -0.3 is 15.7 Å². The average Bonchev–Trinajstić information content (AvgIpc) is 2.54. The molecule has 1 aromatic carbocycles. The molecule has 2 aromatic rings. The van der Waals surface area contributed by atoms with Crippen LogP contribution < -0.4 is 10.6 Å². The summed E-state index contributed by atoms with van der Waals surface area (Å²) in [5, 5.41) is 15.6. The number of aromatic nitrogens is 1. The van der Waals surface area contributed by atoms with Crippen LogP contribution >= 0.6 is 0 Å². The molecule has 0 radical (unpaired) electrons. The van der Waals surface area contributed by atoms with Crippen molar-refractivity contribution in [3.8, 4) is 0 Å². The number of amides is 2. The SMILES string of the molecule is Cc1ccc(NC(=O)NCC2(c3ccccc3)CC(O)C2)c(C)n1. The van der Waals surface area contributed by atoms with Gasteiger partial charge >= 0.3 is 6.03 Å². The summed E-state index contributed by atoms with van der Waals surface area (Å²) in [4.78, 5) is 16.6. The number of nitrogens with zero attached hydrogens (tertiary/aromatic N) is 1. The van der Waals surface area contributed by atoms with Crippen LogP contribution in [0.2, 0.25) is 0 Å². The second kappa shape index (κ2) is 6.61. The third kappa shape index (κ3) is 3.41. The van der Waals surface area contributed by atoms with E-state index >= 15 is 0 Å². The minimum atomic E-state index is -0.293. The first-order valence-electron chi connectivity index (χ1n) is 8.21. The molecule has 1 fully saturated rings. The maximum absolute atomic E-state index is 12.2. The average molecular weight is 325 g/mol. The van der Waals surface area contributed by atoms with E-state index in [4.69, 9.17) is 0 Å². The lowest BCUT2D eigenvalue weighted by Crippen LogP contribution is -2.52. The van der Waals surface area contributed by atoms with Crippen LogP contribution in [0.4, 0.5) is 10.5 Å². The molecule has 1 heterocycles. The maximum atomic E-state index is 12.2. The Balaban J connectivity index is 1.64.